The summed E-state index contributed by atoms with van der Waals surface area (Å²) in [4.78, 5) is 18.7. The minimum atomic E-state index is 0.110. The predicted molar refractivity (Wildman–Crippen MR) is 95.8 cm³/mol. The Hall–Kier alpha value is -2.55. The molecule has 3 aromatic heterocycles. The van der Waals surface area contributed by atoms with Crippen LogP contribution in [0.15, 0.2) is 27.5 Å². The summed E-state index contributed by atoms with van der Waals surface area (Å²) in [7, 11) is 0. The van der Waals surface area contributed by atoms with Crippen LogP contribution in [0.4, 0.5) is 0 Å². The lowest BCUT2D eigenvalue weighted by Crippen LogP contribution is -2.39. The molecule has 0 N–H and O–H groups in total. The number of thiophene rings is 1. The first-order valence-electron chi connectivity index (χ1n) is 8.81. The van der Waals surface area contributed by atoms with Crippen molar-refractivity contribution in [3.63, 3.8) is 0 Å². The van der Waals surface area contributed by atoms with Gasteiger partial charge in [-0.2, -0.15) is 16.3 Å². The van der Waals surface area contributed by atoms with Gasteiger partial charge < -0.3 is 9.42 Å². The summed E-state index contributed by atoms with van der Waals surface area (Å²) in [5, 5.41) is 16.2. The molecular weight excluding hydrogens is 352 g/mol. The first kappa shape index (κ1) is 16.9. The van der Waals surface area contributed by atoms with Gasteiger partial charge in [-0.3, -0.25) is 4.79 Å². The van der Waals surface area contributed by atoms with Gasteiger partial charge in [0.25, 0.3) is 11.8 Å². The van der Waals surface area contributed by atoms with Crippen LogP contribution in [0.5, 0.6) is 0 Å². The van der Waals surface area contributed by atoms with E-state index in [2.05, 4.69) is 27.4 Å². The number of aryl methyl sites for hydroxylation is 1. The molecule has 26 heavy (non-hydrogen) atoms. The number of nitrogens with zero attached hydrogens (tertiary/aromatic N) is 6. The van der Waals surface area contributed by atoms with E-state index >= 15 is 0 Å². The molecule has 9 heteroatoms. The quantitative estimate of drug-likeness (QED) is 0.684. The molecule has 1 amide bonds. The third-order valence-electron chi connectivity index (χ3n) is 4.57. The summed E-state index contributed by atoms with van der Waals surface area (Å²) in [6.07, 6.45) is 5.31. The van der Waals surface area contributed by atoms with Gasteiger partial charge in [0.2, 0.25) is 0 Å². The standard InChI is InChI=1S/C17H20N6O2S/c1-2-3-15-18-16(25-20-15)14-10-23(21-19-14)13-4-7-22(8-5-13)17(24)12-6-9-26-11-12/h6,9-11,13H,2-5,7-8H2,1H3. The van der Waals surface area contributed by atoms with Gasteiger partial charge in [-0.25, -0.2) is 4.68 Å². The number of hydrogen-bond donors (Lipinski definition) is 0. The zero-order valence-corrected chi connectivity index (χ0v) is 15.4. The highest BCUT2D eigenvalue weighted by atomic mass is 32.1. The summed E-state index contributed by atoms with van der Waals surface area (Å²) >= 11 is 1.54. The number of piperidine rings is 1. The topological polar surface area (TPSA) is 89.9 Å². The third-order valence-corrected chi connectivity index (χ3v) is 5.25. The Morgan fingerprint density at radius 1 is 1.38 bits per heavy atom. The fraction of sp³-hybridized carbons (Fsp3) is 0.471. The van der Waals surface area contributed by atoms with Crippen LogP contribution in [0.3, 0.4) is 0 Å². The average molecular weight is 372 g/mol. The molecule has 8 nitrogen and oxygen atoms in total. The molecule has 0 saturated carbocycles. The monoisotopic (exact) mass is 372 g/mol. The first-order chi connectivity index (χ1) is 12.7. The fourth-order valence-electron chi connectivity index (χ4n) is 3.14. The third kappa shape index (κ3) is 3.39. The van der Waals surface area contributed by atoms with Crippen molar-refractivity contribution in [3.8, 4) is 11.6 Å². The normalized spacial score (nSPS) is 15.5. The minimum absolute atomic E-state index is 0.110. The van der Waals surface area contributed by atoms with Crippen LogP contribution < -0.4 is 0 Å². The smallest absolute Gasteiger partial charge is 0.280 e. The highest BCUT2D eigenvalue weighted by molar-refractivity contribution is 7.08. The van der Waals surface area contributed by atoms with Crippen molar-refractivity contribution in [1.82, 2.24) is 30.0 Å². The van der Waals surface area contributed by atoms with Crippen LogP contribution in [-0.2, 0) is 6.42 Å². The summed E-state index contributed by atoms with van der Waals surface area (Å²) in [6.45, 7) is 3.51. The summed E-state index contributed by atoms with van der Waals surface area (Å²) in [5.41, 5.74) is 1.37. The molecular formula is C17H20N6O2S. The number of aromatic nitrogens is 5. The second-order valence-corrected chi connectivity index (χ2v) is 7.16. The molecule has 1 aliphatic rings. The van der Waals surface area contributed by atoms with Crippen molar-refractivity contribution >= 4 is 17.2 Å². The maximum atomic E-state index is 12.4. The van der Waals surface area contributed by atoms with Crippen LogP contribution in [0.2, 0.25) is 0 Å². The van der Waals surface area contributed by atoms with Crippen molar-refractivity contribution in [2.75, 3.05) is 13.1 Å². The zero-order chi connectivity index (χ0) is 17.9. The molecule has 0 aromatic carbocycles. The van der Waals surface area contributed by atoms with Crippen LogP contribution in [0.25, 0.3) is 11.6 Å². The summed E-state index contributed by atoms with van der Waals surface area (Å²) in [6, 6.07) is 2.10. The lowest BCUT2D eigenvalue weighted by Gasteiger charge is -2.31. The van der Waals surface area contributed by atoms with E-state index in [1.807, 2.05) is 32.6 Å². The van der Waals surface area contributed by atoms with E-state index in [9.17, 15) is 4.79 Å². The van der Waals surface area contributed by atoms with Gasteiger partial charge in [0.05, 0.1) is 17.8 Å². The Morgan fingerprint density at radius 3 is 2.96 bits per heavy atom. The number of carbonyl (C=O) groups is 1. The largest absolute Gasteiger partial charge is 0.338 e. The van der Waals surface area contributed by atoms with Crippen molar-refractivity contribution in [2.45, 2.75) is 38.6 Å². The van der Waals surface area contributed by atoms with Gasteiger partial charge >= 0.3 is 0 Å². The van der Waals surface area contributed by atoms with E-state index in [1.54, 1.807) is 11.3 Å². The Balaban J connectivity index is 1.39. The second-order valence-electron chi connectivity index (χ2n) is 6.38. The molecule has 3 aromatic rings. The van der Waals surface area contributed by atoms with Crippen molar-refractivity contribution in [3.05, 3.63) is 34.4 Å². The Kier molecular flexibility index (Phi) is 4.79. The molecule has 136 valence electrons. The Labute approximate surface area is 154 Å². The molecule has 4 heterocycles. The highest BCUT2D eigenvalue weighted by Gasteiger charge is 2.26. The number of carbonyl (C=O) groups excluding carboxylic acids is 1. The molecule has 0 aliphatic carbocycles. The number of likely N-dealkylation sites (tertiary alicyclic amines) is 1. The molecule has 0 atom stereocenters. The summed E-state index contributed by atoms with van der Waals surface area (Å²) < 4.78 is 7.12. The predicted octanol–water partition coefficient (Wildman–Crippen LogP) is 2.82. The van der Waals surface area contributed by atoms with E-state index in [4.69, 9.17) is 4.52 Å². The van der Waals surface area contributed by atoms with Crippen LogP contribution >= 0.6 is 11.3 Å². The van der Waals surface area contributed by atoms with Gasteiger partial charge in [-0.1, -0.05) is 17.3 Å². The van der Waals surface area contributed by atoms with Crippen LogP contribution in [0.1, 0.15) is 48.4 Å². The maximum absolute atomic E-state index is 12.4. The number of rotatable bonds is 5. The number of hydrogen-bond acceptors (Lipinski definition) is 7. The molecule has 1 aliphatic heterocycles. The molecule has 0 bridgehead atoms. The fourth-order valence-corrected chi connectivity index (χ4v) is 3.77. The lowest BCUT2D eigenvalue weighted by molar-refractivity contribution is 0.0690. The van der Waals surface area contributed by atoms with E-state index in [-0.39, 0.29) is 11.9 Å². The SMILES string of the molecule is CCCc1noc(-c2cn(C3CCN(C(=O)c4ccsc4)CC3)nn2)n1. The first-order valence-corrected chi connectivity index (χ1v) is 9.75. The molecule has 4 rings (SSSR count). The highest BCUT2D eigenvalue weighted by Crippen LogP contribution is 2.25. The average Bonchev–Trinajstić information content (AvgIpc) is 3.42. The van der Waals surface area contributed by atoms with Crippen LogP contribution in [-0.4, -0.2) is 49.0 Å². The van der Waals surface area contributed by atoms with E-state index in [0.717, 1.165) is 44.3 Å². The van der Waals surface area contributed by atoms with Crippen molar-refractivity contribution in [2.24, 2.45) is 0 Å². The zero-order valence-electron chi connectivity index (χ0n) is 14.5. The molecule has 0 unspecified atom stereocenters. The van der Waals surface area contributed by atoms with Gasteiger partial charge in [0, 0.05) is 24.9 Å². The molecule has 0 spiro atoms. The maximum Gasteiger partial charge on any atom is 0.280 e. The van der Waals surface area contributed by atoms with Gasteiger partial charge in [0.1, 0.15) is 0 Å². The Bertz CT molecular complexity index is 864. The molecule has 1 fully saturated rings. The van der Waals surface area contributed by atoms with E-state index in [0.29, 0.717) is 17.4 Å². The van der Waals surface area contributed by atoms with Crippen molar-refractivity contribution < 1.29 is 9.32 Å². The molecule has 0 radical (unpaired) electrons. The van der Waals surface area contributed by atoms with Gasteiger partial charge in [-0.05, 0) is 30.7 Å². The number of amides is 1. The van der Waals surface area contributed by atoms with Gasteiger partial charge in [0.15, 0.2) is 11.5 Å². The lowest BCUT2D eigenvalue weighted by atomic mass is 10.0. The van der Waals surface area contributed by atoms with Crippen molar-refractivity contribution in [1.29, 1.82) is 0 Å². The van der Waals surface area contributed by atoms with Gasteiger partial charge in [-0.15, -0.1) is 5.10 Å². The van der Waals surface area contributed by atoms with Crippen LogP contribution in [0, 0.1) is 0 Å². The van der Waals surface area contributed by atoms with E-state index in [1.165, 1.54) is 0 Å². The second kappa shape index (κ2) is 7.36. The van der Waals surface area contributed by atoms with E-state index < -0.39 is 0 Å². The minimum Gasteiger partial charge on any atom is -0.338 e. The molecule has 1 saturated heterocycles. The summed E-state index contributed by atoms with van der Waals surface area (Å²) in [5.74, 6) is 1.21. The Morgan fingerprint density at radius 2 is 2.23 bits per heavy atom.